The maximum atomic E-state index is 12.5. The van der Waals surface area contributed by atoms with Crippen molar-refractivity contribution in [2.45, 2.75) is 37.6 Å². The molecule has 0 radical (unpaired) electrons. The van der Waals surface area contributed by atoms with Crippen LogP contribution in [0.3, 0.4) is 0 Å². The van der Waals surface area contributed by atoms with Crippen LogP contribution in [0.2, 0.25) is 0 Å². The number of nitrogens with zero attached hydrogens (tertiary/aromatic N) is 1. The summed E-state index contributed by atoms with van der Waals surface area (Å²) < 4.78 is 0. The minimum atomic E-state index is -0.0640. The molecule has 2 N–H and O–H groups in total. The fraction of sp³-hybridized carbons (Fsp3) is 0.381. The van der Waals surface area contributed by atoms with E-state index in [2.05, 4.69) is 39.9 Å². The van der Waals surface area contributed by atoms with Gasteiger partial charge in [0.05, 0.1) is 0 Å². The van der Waals surface area contributed by atoms with Crippen LogP contribution < -0.4 is 10.6 Å². The average molecular weight is 349 g/mol. The molecule has 5 heteroatoms. The second-order valence-electron chi connectivity index (χ2n) is 7.25. The van der Waals surface area contributed by atoms with Gasteiger partial charge in [0.15, 0.2) is 0 Å². The quantitative estimate of drug-likeness (QED) is 0.839. The summed E-state index contributed by atoms with van der Waals surface area (Å²) in [4.78, 5) is 28.4. The van der Waals surface area contributed by atoms with E-state index in [1.807, 2.05) is 12.1 Å². The third-order valence-electron chi connectivity index (χ3n) is 5.65. The Hall–Kier alpha value is -2.69. The molecule has 2 atom stereocenters. The van der Waals surface area contributed by atoms with Gasteiger partial charge in [-0.1, -0.05) is 30.3 Å². The van der Waals surface area contributed by atoms with Gasteiger partial charge in [-0.2, -0.15) is 0 Å². The second-order valence-corrected chi connectivity index (χ2v) is 7.25. The van der Waals surface area contributed by atoms with Crippen LogP contribution in [0.4, 0.5) is 0 Å². The molecule has 0 saturated heterocycles. The van der Waals surface area contributed by atoms with Gasteiger partial charge in [-0.15, -0.1) is 0 Å². The topological polar surface area (TPSA) is 71.1 Å². The lowest BCUT2D eigenvalue weighted by atomic mass is 9.95. The molecule has 2 aliphatic rings. The Bertz CT molecular complexity index is 821. The molecule has 1 saturated carbocycles. The molecule has 26 heavy (non-hydrogen) atoms. The predicted molar refractivity (Wildman–Crippen MR) is 98.3 cm³/mol. The third kappa shape index (κ3) is 3.21. The van der Waals surface area contributed by atoms with E-state index in [9.17, 15) is 9.59 Å². The zero-order chi connectivity index (χ0) is 18.0. The molecular formula is C21H23N3O2. The summed E-state index contributed by atoms with van der Waals surface area (Å²) >= 11 is 0. The van der Waals surface area contributed by atoms with Crippen molar-refractivity contribution in [3.8, 4) is 0 Å². The SMILES string of the molecule is O=C(CCNC(=O)[C@H]1C[C@@]12CCc1ccccc12)NCc1cccnc1. The Labute approximate surface area is 153 Å². The Morgan fingerprint density at radius 3 is 2.88 bits per heavy atom. The molecule has 4 rings (SSSR count). The predicted octanol–water partition coefficient (Wildman–Crippen LogP) is 2.11. The van der Waals surface area contributed by atoms with E-state index in [1.165, 1.54) is 11.1 Å². The number of aryl methyl sites for hydroxylation is 1. The summed E-state index contributed by atoms with van der Waals surface area (Å²) in [6.45, 7) is 0.842. The van der Waals surface area contributed by atoms with Gasteiger partial charge in [0.25, 0.3) is 0 Å². The number of fused-ring (bicyclic) bond motifs is 2. The highest BCUT2D eigenvalue weighted by Gasteiger charge is 2.61. The monoisotopic (exact) mass is 349 g/mol. The van der Waals surface area contributed by atoms with Crippen molar-refractivity contribution in [2.75, 3.05) is 6.54 Å². The van der Waals surface area contributed by atoms with Crippen LogP contribution >= 0.6 is 0 Å². The van der Waals surface area contributed by atoms with Gasteiger partial charge >= 0.3 is 0 Å². The average Bonchev–Trinajstić information content (AvgIpc) is 3.30. The van der Waals surface area contributed by atoms with Crippen molar-refractivity contribution in [3.05, 3.63) is 65.5 Å². The zero-order valence-corrected chi connectivity index (χ0v) is 14.7. The van der Waals surface area contributed by atoms with Crippen LogP contribution in [-0.4, -0.2) is 23.3 Å². The molecule has 1 heterocycles. The zero-order valence-electron chi connectivity index (χ0n) is 14.7. The van der Waals surface area contributed by atoms with Crippen molar-refractivity contribution >= 4 is 11.8 Å². The number of carbonyl (C=O) groups is 2. The molecule has 134 valence electrons. The summed E-state index contributed by atoms with van der Waals surface area (Å²) in [5.74, 6) is 0.0808. The van der Waals surface area contributed by atoms with Crippen LogP contribution in [-0.2, 0) is 28.0 Å². The summed E-state index contributed by atoms with van der Waals surface area (Å²) in [7, 11) is 0. The van der Waals surface area contributed by atoms with Crippen LogP contribution in [0.5, 0.6) is 0 Å². The van der Waals surface area contributed by atoms with Crippen molar-refractivity contribution < 1.29 is 9.59 Å². The lowest BCUT2D eigenvalue weighted by Gasteiger charge is -2.12. The first-order valence-electron chi connectivity index (χ1n) is 9.21. The van der Waals surface area contributed by atoms with Gasteiger partial charge in [0.2, 0.25) is 11.8 Å². The lowest BCUT2D eigenvalue weighted by molar-refractivity contribution is -0.123. The standard InChI is InChI=1S/C21H23N3O2/c25-19(24-14-15-4-3-10-22-13-15)8-11-23-20(26)18-12-21(18)9-7-16-5-1-2-6-17(16)21/h1-6,10,13,18H,7-9,11-12,14H2,(H,23,26)(H,24,25)/t18-,21-/m1/s1. The minimum absolute atomic E-state index is 0.0588. The van der Waals surface area contributed by atoms with Gasteiger partial charge in [-0.05, 0) is 42.0 Å². The maximum Gasteiger partial charge on any atom is 0.224 e. The molecule has 2 amide bonds. The Morgan fingerprint density at radius 1 is 1.15 bits per heavy atom. The van der Waals surface area contributed by atoms with Crippen molar-refractivity contribution in [1.82, 2.24) is 15.6 Å². The molecule has 2 aromatic rings. The molecule has 1 fully saturated rings. The highest BCUT2D eigenvalue weighted by Crippen LogP contribution is 2.61. The Morgan fingerprint density at radius 2 is 2.04 bits per heavy atom. The number of amides is 2. The van der Waals surface area contributed by atoms with Crippen molar-refractivity contribution in [2.24, 2.45) is 5.92 Å². The van der Waals surface area contributed by atoms with Crippen molar-refractivity contribution in [1.29, 1.82) is 0 Å². The van der Waals surface area contributed by atoms with Gasteiger partial charge in [0.1, 0.15) is 0 Å². The summed E-state index contributed by atoms with van der Waals surface area (Å²) in [6, 6.07) is 12.2. The van der Waals surface area contributed by atoms with Gasteiger partial charge in [-0.3, -0.25) is 14.6 Å². The van der Waals surface area contributed by atoms with E-state index in [1.54, 1.807) is 12.4 Å². The highest BCUT2D eigenvalue weighted by molar-refractivity contribution is 5.85. The molecule has 1 aromatic heterocycles. The van der Waals surface area contributed by atoms with Gasteiger partial charge in [0, 0.05) is 43.2 Å². The number of pyridine rings is 1. The highest BCUT2D eigenvalue weighted by atomic mass is 16.2. The smallest absolute Gasteiger partial charge is 0.224 e. The van der Waals surface area contributed by atoms with Crippen LogP contribution in [0.1, 0.15) is 36.0 Å². The number of carbonyl (C=O) groups excluding carboxylic acids is 2. The minimum Gasteiger partial charge on any atom is -0.355 e. The van der Waals surface area contributed by atoms with Gasteiger partial charge in [-0.25, -0.2) is 0 Å². The molecule has 0 aliphatic heterocycles. The number of aromatic nitrogens is 1. The van der Waals surface area contributed by atoms with Crippen LogP contribution in [0.15, 0.2) is 48.8 Å². The summed E-state index contributed by atoms with van der Waals surface area (Å²) in [5, 5.41) is 5.79. The van der Waals surface area contributed by atoms with E-state index < -0.39 is 0 Å². The maximum absolute atomic E-state index is 12.5. The van der Waals surface area contributed by atoms with Gasteiger partial charge < -0.3 is 10.6 Å². The summed E-state index contributed by atoms with van der Waals surface area (Å²) in [5.41, 5.74) is 3.76. The number of benzene rings is 1. The van der Waals surface area contributed by atoms with E-state index in [4.69, 9.17) is 0 Å². The number of hydrogen-bond acceptors (Lipinski definition) is 3. The molecular weight excluding hydrogens is 326 g/mol. The number of rotatable bonds is 6. The number of hydrogen-bond donors (Lipinski definition) is 2. The van der Waals surface area contributed by atoms with E-state index in [-0.39, 0.29) is 23.1 Å². The van der Waals surface area contributed by atoms with E-state index in [0.717, 1.165) is 24.8 Å². The fourth-order valence-electron chi connectivity index (χ4n) is 4.15. The molecule has 1 aromatic carbocycles. The lowest BCUT2D eigenvalue weighted by Crippen LogP contribution is -2.32. The van der Waals surface area contributed by atoms with Crippen molar-refractivity contribution in [3.63, 3.8) is 0 Å². The number of nitrogens with one attached hydrogen (secondary N) is 2. The molecule has 0 unspecified atom stereocenters. The normalized spacial score (nSPS) is 22.7. The molecule has 0 bridgehead atoms. The van der Waals surface area contributed by atoms with E-state index in [0.29, 0.717) is 19.5 Å². The van der Waals surface area contributed by atoms with Crippen LogP contribution in [0, 0.1) is 5.92 Å². The fourth-order valence-corrected chi connectivity index (χ4v) is 4.15. The largest absolute Gasteiger partial charge is 0.355 e. The first-order chi connectivity index (χ1) is 12.7. The Kier molecular flexibility index (Phi) is 4.45. The third-order valence-corrected chi connectivity index (χ3v) is 5.65. The molecule has 1 spiro atoms. The summed E-state index contributed by atoms with van der Waals surface area (Å²) in [6.07, 6.45) is 6.79. The second kappa shape index (κ2) is 6.90. The molecule has 2 aliphatic carbocycles. The molecule has 5 nitrogen and oxygen atoms in total. The first-order valence-corrected chi connectivity index (χ1v) is 9.21. The van der Waals surface area contributed by atoms with Crippen LogP contribution in [0.25, 0.3) is 0 Å². The Balaban J connectivity index is 1.22. The first kappa shape index (κ1) is 16.8. The van der Waals surface area contributed by atoms with E-state index >= 15 is 0 Å².